The van der Waals surface area contributed by atoms with Gasteiger partial charge in [0.05, 0.1) is 20.4 Å². The van der Waals surface area contributed by atoms with Gasteiger partial charge in [-0.2, -0.15) is 0 Å². The third-order valence-corrected chi connectivity index (χ3v) is 3.22. The van der Waals surface area contributed by atoms with Gasteiger partial charge in [-0.1, -0.05) is 11.3 Å². The fourth-order valence-corrected chi connectivity index (χ4v) is 2.11. The van der Waals surface area contributed by atoms with Crippen LogP contribution in [0.2, 0.25) is 0 Å². The summed E-state index contributed by atoms with van der Waals surface area (Å²) < 4.78 is 10.3. The average Bonchev–Trinajstić information content (AvgIpc) is 2.87. The number of nitrogens with one attached hydrogen (secondary N) is 1. The van der Waals surface area contributed by atoms with Crippen LogP contribution in [0, 0.1) is 0 Å². The molecule has 0 saturated heterocycles. The van der Waals surface area contributed by atoms with E-state index in [1.807, 2.05) is 0 Å². The molecule has 0 bridgehead atoms. The Kier molecular flexibility index (Phi) is 3.86. The van der Waals surface area contributed by atoms with E-state index in [0.29, 0.717) is 22.3 Å². The molecule has 0 saturated carbocycles. The molecular formula is C12H12N2O4S. The molecule has 6 nitrogen and oxygen atoms in total. The van der Waals surface area contributed by atoms with Crippen molar-refractivity contribution < 1.29 is 19.4 Å². The largest absolute Gasteiger partial charge is 0.497 e. The Morgan fingerprint density at radius 2 is 1.89 bits per heavy atom. The molecule has 0 aliphatic carbocycles. The predicted octanol–water partition coefficient (Wildman–Crippen LogP) is 2.60. The Bertz CT molecular complexity index is 575. The summed E-state index contributed by atoms with van der Waals surface area (Å²) in [4.78, 5) is 14.9. The molecule has 19 heavy (non-hydrogen) atoms. The molecule has 7 heteroatoms. The summed E-state index contributed by atoms with van der Waals surface area (Å²) >= 11 is 1.06. The number of hydrogen-bond acceptors (Lipinski definition) is 6. The molecule has 100 valence electrons. The molecule has 2 aromatic rings. The molecule has 0 aliphatic rings. The summed E-state index contributed by atoms with van der Waals surface area (Å²) in [6.07, 6.45) is 1.31. The molecule has 1 aromatic carbocycles. The molecule has 0 unspecified atom stereocenters. The number of methoxy groups -OCH3 is 2. The van der Waals surface area contributed by atoms with E-state index in [-0.39, 0.29) is 4.88 Å². The van der Waals surface area contributed by atoms with Crippen LogP contribution in [0.25, 0.3) is 0 Å². The zero-order valence-corrected chi connectivity index (χ0v) is 11.2. The lowest BCUT2D eigenvalue weighted by Crippen LogP contribution is -1.93. The monoisotopic (exact) mass is 280 g/mol. The van der Waals surface area contributed by atoms with Gasteiger partial charge < -0.3 is 19.9 Å². The van der Waals surface area contributed by atoms with Gasteiger partial charge in [-0.3, -0.25) is 0 Å². The van der Waals surface area contributed by atoms with Crippen molar-refractivity contribution in [3.8, 4) is 11.5 Å². The molecule has 0 aliphatic heterocycles. The number of aromatic nitrogens is 1. The number of nitrogens with zero attached hydrogens (tertiary/aromatic N) is 1. The first-order chi connectivity index (χ1) is 9.12. The topological polar surface area (TPSA) is 80.7 Å². The molecule has 1 heterocycles. The van der Waals surface area contributed by atoms with E-state index in [9.17, 15) is 4.79 Å². The van der Waals surface area contributed by atoms with Crippen molar-refractivity contribution in [3.63, 3.8) is 0 Å². The van der Waals surface area contributed by atoms with Crippen LogP contribution in [-0.2, 0) is 0 Å². The minimum absolute atomic E-state index is 0.178. The predicted molar refractivity (Wildman–Crippen MR) is 71.9 cm³/mol. The zero-order valence-electron chi connectivity index (χ0n) is 10.3. The molecule has 0 radical (unpaired) electrons. The summed E-state index contributed by atoms with van der Waals surface area (Å²) in [5, 5.41) is 12.3. The number of carboxylic acid groups (broad SMARTS) is 1. The summed E-state index contributed by atoms with van der Waals surface area (Å²) in [6.45, 7) is 0. The van der Waals surface area contributed by atoms with Crippen LogP contribution in [0.4, 0.5) is 10.8 Å². The molecule has 0 fully saturated rings. The number of ether oxygens (including phenoxy) is 2. The van der Waals surface area contributed by atoms with Gasteiger partial charge in [-0.15, -0.1) is 0 Å². The highest BCUT2D eigenvalue weighted by molar-refractivity contribution is 7.17. The first-order valence-corrected chi connectivity index (χ1v) is 6.13. The highest BCUT2D eigenvalue weighted by Crippen LogP contribution is 2.29. The summed E-state index contributed by atoms with van der Waals surface area (Å²) in [7, 11) is 3.12. The van der Waals surface area contributed by atoms with E-state index in [1.165, 1.54) is 6.20 Å². The maximum Gasteiger partial charge on any atom is 0.347 e. The summed E-state index contributed by atoms with van der Waals surface area (Å²) in [5.74, 6) is 0.280. The normalized spacial score (nSPS) is 10.0. The Morgan fingerprint density at radius 1 is 1.26 bits per heavy atom. The molecular weight excluding hydrogens is 268 g/mol. The van der Waals surface area contributed by atoms with Crippen LogP contribution in [-0.4, -0.2) is 30.3 Å². The van der Waals surface area contributed by atoms with Crippen LogP contribution in [0.5, 0.6) is 11.5 Å². The van der Waals surface area contributed by atoms with Gasteiger partial charge in [0.2, 0.25) is 0 Å². The molecule has 2 N–H and O–H groups in total. The lowest BCUT2D eigenvalue weighted by molar-refractivity contribution is 0.0702. The van der Waals surface area contributed by atoms with Gasteiger partial charge in [0.25, 0.3) is 0 Å². The van der Waals surface area contributed by atoms with E-state index >= 15 is 0 Å². The van der Waals surface area contributed by atoms with Crippen molar-refractivity contribution in [2.75, 3.05) is 19.5 Å². The number of rotatable bonds is 5. The number of carboxylic acids is 1. The molecule has 1 aromatic heterocycles. The number of anilines is 2. The molecule has 2 rings (SSSR count). The fourth-order valence-electron chi connectivity index (χ4n) is 1.43. The number of hydrogen-bond donors (Lipinski definition) is 2. The van der Waals surface area contributed by atoms with Gasteiger partial charge in [0, 0.05) is 23.9 Å². The van der Waals surface area contributed by atoms with Crippen molar-refractivity contribution in [3.05, 3.63) is 29.3 Å². The van der Waals surface area contributed by atoms with Gasteiger partial charge in [-0.25, -0.2) is 9.78 Å². The highest BCUT2D eigenvalue weighted by Gasteiger charge is 2.09. The van der Waals surface area contributed by atoms with Crippen molar-refractivity contribution in [2.45, 2.75) is 0 Å². The maximum absolute atomic E-state index is 10.8. The van der Waals surface area contributed by atoms with Crippen molar-refractivity contribution in [1.29, 1.82) is 0 Å². The Labute approximate surface area is 113 Å². The third-order valence-electron chi connectivity index (χ3n) is 2.32. The Hall–Kier alpha value is -2.28. The quantitative estimate of drug-likeness (QED) is 0.876. The van der Waals surface area contributed by atoms with E-state index in [2.05, 4.69) is 10.3 Å². The fraction of sp³-hybridized carbons (Fsp3) is 0.167. The van der Waals surface area contributed by atoms with E-state index < -0.39 is 5.97 Å². The minimum Gasteiger partial charge on any atom is -0.497 e. The number of carbonyl (C=O) groups is 1. The van der Waals surface area contributed by atoms with Crippen LogP contribution < -0.4 is 14.8 Å². The average molecular weight is 280 g/mol. The summed E-state index contributed by atoms with van der Waals surface area (Å²) in [5.41, 5.74) is 0.711. The minimum atomic E-state index is -0.992. The standard InChI is InChI=1S/C12H12N2O4S/c1-17-8-3-7(4-9(5-8)18-2)14-12-13-6-10(19-12)11(15)16/h3-6H,1-2H3,(H,13,14)(H,15,16). The lowest BCUT2D eigenvalue weighted by atomic mass is 10.3. The van der Waals surface area contributed by atoms with Crippen LogP contribution in [0.15, 0.2) is 24.4 Å². The van der Waals surface area contributed by atoms with Gasteiger partial charge in [0.1, 0.15) is 16.4 Å². The first-order valence-electron chi connectivity index (χ1n) is 5.31. The van der Waals surface area contributed by atoms with Crippen LogP contribution in [0.1, 0.15) is 9.67 Å². The number of thiazole rings is 1. The third kappa shape index (κ3) is 3.14. The Morgan fingerprint density at radius 3 is 2.37 bits per heavy atom. The van der Waals surface area contributed by atoms with E-state index in [0.717, 1.165) is 11.3 Å². The highest BCUT2D eigenvalue weighted by atomic mass is 32.1. The number of aromatic carboxylic acids is 1. The van der Waals surface area contributed by atoms with Crippen molar-refractivity contribution in [1.82, 2.24) is 4.98 Å². The first kappa shape index (κ1) is 13.2. The Balaban J connectivity index is 2.23. The second-order valence-corrected chi connectivity index (χ2v) is 4.59. The van der Waals surface area contributed by atoms with E-state index in [4.69, 9.17) is 14.6 Å². The lowest BCUT2D eigenvalue weighted by Gasteiger charge is -2.08. The molecule has 0 spiro atoms. The molecule has 0 atom stereocenters. The van der Waals surface area contributed by atoms with Crippen molar-refractivity contribution in [2.24, 2.45) is 0 Å². The summed E-state index contributed by atoms with van der Waals surface area (Å²) in [6, 6.07) is 5.28. The SMILES string of the molecule is COc1cc(Nc2ncc(C(=O)O)s2)cc(OC)c1. The number of benzene rings is 1. The maximum atomic E-state index is 10.8. The second-order valence-electron chi connectivity index (χ2n) is 3.56. The van der Waals surface area contributed by atoms with Crippen molar-refractivity contribution >= 4 is 28.1 Å². The second kappa shape index (κ2) is 5.57. The van der Waals surface area contributed by atoms with Crippen LogP contribution in [0.3, 0.4) is 0 Å². The van der Waals surface area contributed by atoms with Gasteiger partial charge >= 0.3 is 5.97 Å². The smallest absolute Gasteiger partial charge is 0.347 e. The van der Waals surface area contributed by atoms with Crippen LogP contribution >= 0.6 is 11.3 Å². The van der Waals surface area contributed by atoms with Gasteiger partial charge in [-0.05, 0) is 0 Å². The zero-order chi connectivity index (χ0) is 13.8. The van der Waals surface area contributed by atoms with Gasteiger partial charge in [0.15, 0.2) is 5.13 Å². The molecule has 0 amide bonds. The van der Waals surface area contributed by atoms with E-state index in [1.54, 1.807) is 32.4 Å².